The Morgan fingerprint density at radius 2 is 2.04 bits per heavy atom. The summed E-state index contributed by atoms with van der Waals surface area (Å²) in [5, 5.41) is 23.4. The number of nitrogens with two attached hydrogens (primary N) is 1. The Balaban J connectivity index is 1.73. The van der Waals surface area contributed by atoms with E-state index in [-0.39, 0.29) is 11.3 Å². The highest BCUT2D eigenvalue weighted by Crippen LogP contribution is 2.22. The van der Waals surface area contributed by atoms with E-state index in [0.29, 0.717) is 18.1 Å². The molecule has 8 heteroatoms. The number of carbonyl (C=O) groups excluding carboxylic acids is 1. The summed E-state index contributed by atoms with van der Waals surface area (Å²) >= 11 is 0. The molecule has 1 aromatic carbocycles. The second-order valence-corrected chi connectivity index (χ2v) is 5.15. The topological polar surface area (TPSA) is 125 Å². The quantitative estimate of drug-likeness (QED) is 0.640. The third-order valence-corrected chi connectivity index (χ3v) is 3.43. The zero-order valence-electron chi connectivity index (χ0n) is 12.7. The Morgan fingerprint density at radius 1 is 1.25 bits per heavy atom. The number of hydrogen-bond acceptors (Lipinski definition) is 7. The van der Waals surface area contributed by atoms with Gasteiger partial charge in [-0.15, -0.1) is 5.11 Å². The fourth-order valence-corrected chi connectivity index (χ4v) is 2.25. The fraction of sp³-hybridized carbons (Fsp3) is 0.125. The number of amides is 1. The van der Waals surface area contributed by atoms with Gasteiger partial charge in [0.25, 0.3) is 5.91 Å². The number of phenols is 1. The van der Waals surface area contributed by atoms with E-state index in [4.69, 9.17) is 5.73 Å². The average Bonchev–Trinajstić information content (AvgIpc) is 2.98. The smallest absolute Gasteiger partial charge is 0.252 e. The lowest BCUT2D eigenvalue weighted by Gasteiger charge is -2.13. The molecule has 0 fully saturated rings. The van der Waals surface area contributed by atoms with Crippen LogP contribution in [0.25, 0.3) is 0 Å². The lowest BCUT2D eigenvalue weighted by Crippen LogP contribution is -2.30. The number of carbonyl (C=O) groups is 1. The molecule has 0 aliphatic carbocycles. The second-order valence-electron chi connectivity index (χ2n) is 5.15. The maximum atomic E-state index is 11.8. The minimum Gasteiger partial charge on any atom is -0.508 e. The fourth-order valence-electron chi connectivity index (χ4n) is 2.25. The highest BCUT2D eigenvalue weighted by molar-refractivity contribution is 5.94. The molecule has 3 rings (SSSR count). The molecule has 1 aliphatic heterocycles. The van der Waals surface area contributed by atoms with Crippen LogP contribution >= 0.6 is 0 Å². The summed E-state index contributed by atoms with van der Waals surface area (Å²) in [6.07, 6.45) is 2.61. The van der Waals surface area contributed by atoms with E-state index >= 15 is 0 Å². The molecule has 0 radical (unpaired) electrons. The number of aromatic hydroxyl groups is 1. The van der Waals surface area contributed by atoms with Gasteiger partial charge in [-0.05, 0) is 29.8 Å². The SMILES string of the molecule is NC(=O)C1=C(NCc2ccc(O)cc2)N=NC1Nc1cccnc1. The molecule has 8 nitrogen and oxygen atoms in total. The van der Waals surface area contributed by atoms with Crippen LogP contribution in [0.5, 0.6) is 5.75 Å². The van der Waals surface area contributed by atoms with Gasteiger partial charge >= 0.3 is 0 Å². The number of aromatic nitrogens is 1. The molecule has 24 heavy (non-hydrogen) atoms. The molecular formula is C16H16N6O2. The predicted molar refractivity (Wildman–Crippen MR) is 87.7 cm³/mol. The van der Waals surface area contributed by atoms with Crippen molar-refractivity contribution >= 4 is 11.6 Å². The summed E-state index contributed by atoms with van der Waals surface area (Å²) in [5.74, 6) is -0.0800. The van der Waals surface area contributed by atoms with Gasteiger partial charge < -0.3 is 21.5 Å². The molecule has 1 amide bonds. The van der Waals surface area contributed by atoms with Gasteiger partial charge in [0.05, 0.1) is 5.69 Å². The van der Waals surface area contributed by atoms with Gasteiger partial charge in [-0.3, -0.25) is 9.78 Å². The zero-order chi connectivity index (χ0) is 16.9. The summed E-state index contributed by atoms with van der Waals surface area (Å²) in [4.78, 5) is 15.8. The van der Waals surface area contributed by atoms with Gasteiger partial charge in [-0.1, -0.05) is 12.1 Å². The van der Waals surface area contributed by atoms with Crippen molar-refractivity contribution in [2.24, 2.45) is 16.0 Å². The number of nitrogens with one attached hydrogen (secondary N) is 2. The third-order valence-electron chi connectivity index (χ3n) is 3.43. The normalized spacial score (nSPS) is 16.2. The second kappa shape index (κ2) is 6.78. The van der Waals surface area contributed by atoms with Crippen LogP contribution in [0.1, 0.15) is 5.56 Å². The molecule has 0 bridgehead atoms. The lowest BCUT2D eigenvalue weighted by atomic mass is 10.2. The molecule has 122 valence electrons. The van der Waals surface area contributed by atoms with Crippen LogP contribution in [-0.2, 0) is 11.3 Å². The molecule has 1 unspecified atom stereocenters. The molecule has 2 aromatic rings. The van der Waals surface area contributed by atoms with E-state index in [1.54, 1.807) is 42.7 Å². The van der Waals surface area contributed by atoms with Crippen LogP contribution in [0.3, 0.4) is 0 Å². The van der Waals surface area contributed by atoms with E-state index in [1.165, 1.54) is 0 Å². The van der Waals surface area contributed by atoms with Gasteiger partial charge in [0, 0.05) is 18.9 Å². The van der Waals surface area contributed by atoms with Gasteiger partial charge in [0.1, 0.15) is 11.3 Å². The Labute approximate surface area is 138 Å². The number of nitrogens with zero attached hydrogens (tertiary/aromatic N) is 3. The van der Waals surface area contributed by atoms with E-state index in [1.807, 2.05) is 6.07 Å². The van der Waals surface area contributed by atoms with Crippen LogP contribution in [-0.4, -0.2) is 22.2 Å². The molecule has 1 aromatic heterocycles. The number of rotatable bonds is 6. The van der Waals surface area contributed by atoms with Crippen molar-refractivity contribution in [3.8, 4) is 5.75 Å². The average molecular weight is 324 g/mol. The van der Waals surface area contributed by atoms with Crippen molar-refractivity contribution in [1.82, 2.24) is 10.3 Å². The third kappa shape index (κ3) is 3.49. The number of phenolic OH excluding ortho intramolecular Hbond substituents is 1. The first-order chi connectivity index (χ1) is 11.6. The molecule has 0 spiro atoms. The summed E-state index contributed by atoms with van der Waals surface area (Å²) < 4.78 is 0. The molecule has 0 saturated heterocycles. The summed E-state index contributed by atoms with van der Waals surface area (Å²) in [6, 6.07) is 10.3. The first kappa shape index (κ1) is 15.5. The summed E-state index contributed by atoms with van der Waals surface area (Å²) in [6.45, 7) is 0.422. The number of pyridine rings is 1. The van der Waals surface area contributed by atoms with Crippen molar-refractivity contribution in [3.05, 3.63) is 65.7 Å². The largest absolute Gasteiger partial charge is 0.508 e. The maximum absolute atomic E-state index is 11.8. The van der Waals surface area contributed by atoms with Gasteiger partial charge in [0.2, 0.25) is 0 Å². The van der Waals surface area contributed by atoms with Crippen molar-refractivity contribution in [3.63, 3.8) is 0 Å². The number of azo groups is 1. The Morgan fingerprint density at radius 3 is 2.71 bits per heavy atom. The highest BCUT2D eigenvalue weighted by Gasteiger charge is 2.28. The maximum Gasteiger partial charge on any atom is 0.252 e. The zero-order valence-corrected chi connectivity index (χ0v) is 12.7. The number of benzene rings is 1. The van der Waals surface area contributed by atoms with Crippen molar-refractivity contribution in [1.29, 1.82) is 0 Å². The number of anilines is 1. The predicted octanol–water partition coefficient (Wildman–Crippen LogP) is 1.48. The molecule has 1 aliphatic rings. The Hall–Kier alpha value is -3.42. The molecular weight excluding hydrogens is 308 g/mol. The van der Waals surface area contributed by atoms with E-state index in [2.05, 4.69) is 25.8 Å². The first-order valence-electron chi connectivity index (χ1n) is 7.26. The summed E-state index contributed by atoms with van der Waals surface area (Å²) in [7, 11) is 0. The Kier molecular flexibility index (Phi) is 4.37. The van der Waals surface area contributed by atoms with Crippen molar-refractivity contribution < 1.29 is 9.90 Å². The molecule has 5 N–H and O–H groups in total. The molecule has 2 heterocycles. The van der Waals surface area contributed by atoms with Crippen molar-refractivity contribution in [2.45, 2.75) is 12.7 Å². The van der Waals surface area contributed by atoms with Crippen LogP contribution in [0.15, 0.2) is 70.4 Å². The van der Waals surface area contributed by atoms with Crippen LogP contribution in [0.2, 0.25) is 0 Å². The Bertz CT molecular complexity index is 786. The van der Waals surface area contributed by atoms with E-state index in [9.17, 15) is 9.90 Å². The lowest BCUT2D eigenvalue weighted by molar-refractivity contribution is -0.114. The number of primary amides is 1. The minimum absolute atomic E-state index is 0.192. The molecule has 1 atom stereocenters. The van der Waals surface area contributed by atoms with Crippen LogP contribution in [0.4, 0.5) is 5.69 Å². The van der Waals surface area contributed by atoms with Crippen molar-refractivity contribution in [2.75, 3.05) is 5.32 Å². The van der Waals surface area contributed by atoms with Crippen LogP contribution in [0, 0.1) is 0 Å². The van der Waals surface area contributed by atoms with E-state index < -0.39 is 12.1 Å². The monoisotopic (exact) mass is 324 g/mol. The standard InChI is InChI=1S/C16H16N6O2/c17-14(24)13-15(19-8-10-3-5-12(23)6-4-10)21-22-16(13)20-11-2-1-7-18-9-11/h1-7,9,16,19-20,23H,8H2,(H2,17,24). The van der Waals surface area contributed by atoms with Gasteiger partial charge in [-0.2, -0.15) is 5.11 Å². The van der Waals surface area contributed by atoms with E-state index in [0.717, 1.165) is 5.56 Å². The highest BCUT2D eigenvalue weighted by atomic mass is 16.3. The number of hydrogen-bond donors (Lipinski definition) is 4. The van der Waals surface area contributed by atoms with Gasteiger partial charge in [0.15, 0.2) is 12.0 Å². The van der Waals surface area contributed by atoms with Gasteiger partial charge in [-0.25, -0.2) is 0 Å². The first-order valence-corrected chi connectivity index (χ1v) is 7.26. The van der Waals surface area contributed by atoms with Crippen LogP contribution < -0.4 is 16.4 Å². The molecule has 0 saturated carbocycles. The minimum atomic E-state index is -0.658. The summed E-state index contributed by atoms with van der Waals surface area (Å²) in [5.41, 5.74) is 7.36.